The van der Waals surface area contributed by atoms with Gasteiger partial charge in [-0.1, -0.05) is 29.8 Å². The molecule has 2 aromatic carbocycles. The zero-order valence-corrected chi connectivity index (χ0v) is 12.9. The standard InChI is InChI=1S/C15H13ClF3NO.ClH/c16-12-4-1-10(2-5-12)11-3-6-14(21-8-7-20)13(9-11)15(17,18)19;/h1-6,9H,7-8,20H2;1H. The lowest BCUT2D eigenvalue weighted by Gasteiger charge is -2.15. The first-order chi connectivity index (χ1) is 9.91. The molecule has 0 heterocycles. The van der Waals surface area contributed by atoms with Crippen LogP contribution in [0.15, 0.2) is 42.5 Å². The molecule has 0 saturated carbocycles. The molecule has 2 aromatic rings. The fraction of sp³-hybridized carbons (Fsp3) is 0.200. The molecule has 0 aliphatic heterocycles. The highest BCUT2D eigenvalue weighted by molar-refractivity contribution is 6.30. The molecule has 0 spiro atoms. The van der Waals surface area contributed by atoms with Crippen molar-refractivity contribution in [2.24, 2.45) is 5.73 Å². The second kappa shape index (κ2) is 7.72. The van der Waals surface area contributed by atoms with Crippen molar-refractivity contribution in [2.45, 2.75) is 6.18 Å². The molecule has 2 N–H and O–H groups in total. The van der Waals surface area contributed by atoms with Gasteiger partial charge in [0.1, 0.15) is 12.4 Å². The van der Waals surface area contributed by atoms with E-state index in [1.54, 1.807) is 30.3 Å². The predicted molar refractivity (Wildman–Crippen MR) is 83.7 cm³/mol. The molecule has 0 aliphatic carbocycles. The second-order valence-electron chi connectivity index (χ2n) is 4.35. The van der Waals surface area contributed by atoms with E-state index in [0.717, 1.165) is 6.07 Å². The van der Waals surface area contributed by atoms with Crippen LogP contribution in [0.5, 0.6) is 5.75 Å². The van der Waals surface area contributed by atoms with Gasteiger partial charge in [0.15, 0.2) is 0 Å². The fourth-order valence-corrected chi connectivity index (χ4v) is 1.99. The minimum absolute atomic E-state index is 0. The van der Waals surface area contributed by atoms with E-state index in [2.05, 4.69) is 0 Å². The van der Waals surface area contributed by atoms with E-state index in [-0.39, 0.29) is 31.3 Å². The van der Waals surface area contributed by atoms with Crippen LogP contribution in [0.3, 0.4) is 0 Å². The summed E-state index contributed by atoms with van der Waals surface area (Å²) in [6.45, 7) is 0.180. The highest BCUT2D eigenvalue weighted by Gasteiger charge is 2.34. The molecular formula is C15H14Cl2F3NO. The maximum Gasteiger partial charge on any atom is 0.419 e. The summed E-state index contributed by atoms with van der Waals surface area (Å²) in [7, 11) is 0. The Morgan fingerprint density at radius 3 is 2.14 bits per heavy atom. The van der Waals surface area contributed by atoms with E-state index in [0.29, 0.717) is 16.1 Å². The number of hydrogen-bond acceptors (Lipinski definition) is 2. The molecule has 7 heteroatoms. The van der Waals surface area contributed by atoms with Crippen LogP contribution in [0.2, 0.25) is 5.02 Å². The quantitative estimate of drug-likeness (QED) is 0.859. The monoisotopic (exact) mass is 351 g/mol. The van der Waals surface area contributed by atoms with Crippen molar-refractivity contribution in [1.29, 1.82) is 0 Å². The van der Waals surface area contributed by atoms with E-state index >= 15 is 0 Å². The van der Waals surface area contributed by atoms with E-state index < -0.39 is 11.7 Å². The zero-order valence-electron chi connectivity index (χ0n) is 11.4. The van der Waals surface area contributed by atoms with Gasteiger partial charge in [-0.2, -0.15) is 13.2 Å². The van der Waals surface area contributed by atoms with Crippen molar-refractivity contribution in [3.05, 3.63) is 53.1 Å². The van der Waals surface area contributed by atoms with Gasteiger partial charge in [0.25, 0.3) is 0 Å². The number of nitrogens with two attached hydrogens (primary N) is 1. The van der Waals surface area contributed by atoms with Crippen molar-refractivity contribution in [3.63, 3.8) is 0 Å². The van der Waals surface area contributed by atoms with E-state index in [1.807, 2.05) is 0 Å². The lowest BCUT2D eigenvalue weighted by Crippen LogP contribution is -2.14. The number of ether oxygens (including phenoxy) is 1. The molecule has 2 rings (SSSR count). The maximum absolute atomic E-state index is 13.1. The average Bonchev–Trinajstić information content (AvgIpc) is 2.45. The summed E-state index contributed by atoms with van der Waals surface area (Å²) in [5.74, 6) is -0.217. The second-order valence-corrected chi connectivity index (χ2v) is 4.79. The minimum Gasteiger partial charge on any atom is -0.492 e. The molecule has 0 bridgehead atoms. The molecule has 0 aliphatic rings. The molecule has 0 aromatic heterocycles. The first-order valence-corrected chi connectivity index (χ1v) is 6.59. The highest BCUT2D eigenvalue weighted by Crippen LogP contribution is 2.38. The van der Waals surface area contributed by atoms with Crippen molar-refractivity contribution in [3.8, 4) is 16.9 Å². The highest BCUT2D eigenvalue weighted by atomic mass is 35.5. The minimum atomic E-state index is -4.49. The fourth-order valence-electron chi connectivity index (χ4n) is 1.87. The summed E-state index contributed by atoms with van der Waals surface area (Å²) >= 11 is 5.77. The lowest BCUT2D eigenvalue weighted by atomic mass is 10.0. The zero-order chi connectivity index (χ0) is 15.5. The average molecular weight is 352 g/mol. The van der Waals surface area contributed by atoms with Gasteiger partial charge in [-0.15, -0.1) is 12.4 Å². The molecular weight excluding hydrogens is 338 g/mol. The first-order valence-electron chi connectivity index (χ1n) is 6.22. The van der Waals surface area contributed by atoms with Gasteiger partial charge in [-0.25, -0.2) is 0 Å². The topological polar surface area (TPSA) is 35.2 Å². The first kappa shape index (κ1) is 18.6. The van der Waals surface area contributed by atoms with Gasteiger partial charge in [0, 0.05) is 11.6 Å². The Morgan fingerprint density at radius 1 is 1.00 bits per heavy atom. The molecule has 0 radical (unpaired) electrons. The lowest BCUT2D eigenvalue weighted by molar-refractivity contribution is -0.138. The maximum atomic E-state index is 13.1. The van der Waals surface area contributed by atoms with Crippen molar-refractivity contribution >= 4 is 24.0 Å². The van der Waals surface area contributed by atoms with Crippen LogP contribution in [0.25, 0.3) is 11.1 Å². The normalized spacial score (nSPS) is 11.0. The third kappa shape index (κ3) is 4.53. The van der Waals surface area contributed by atoms with Gasteiger partial charge in [-0.05, 0) is 35.4 Å². The summed E-state index contributed by atoms with van der Waals surface area (Å²) in [5, 5.41) is 0.526. The Kier molecular flexibility index (Phi) is 6.53. The Bertz CT molecular complexity index is 615. The van der Waals surface area contributed by atoms with Crippen LogP contribution in [-0.2, 0) is 6.18 Å². The van der Waals surface area contributed by atoms with E-state index in [4.69, 9.17) is 22.1 Å². The third-order valence-electron chi connectivity index (χ3n) is 2.84. The van der Waals surface area contributed by atoms with Crippen molar-refractivity contribution in [2.75, 3.05) is 13.2 Å². The molecule has 0 unspecified atom stereocenters. The summed E-state index contributed by atoms with van der Waals surface area (Å²) in [6, 6.07) is 10.5. The number of benzene rings is 2. The molecule has 120 valence electrons. The molecule has 0 fully saturated rings. The number of alkyl halides is 3. The van der Waals surface area contributed by atoms with Crippen LogP contribution in [0.4, 0.5) is 13.2 Å². The predicted octanol–water partition coefficient (Wildman–Crippen LogP) is 4.79. The van der Waals surface area contributed by atoms with Crippen molar-refractivity contribution in [1.82, 2.24) is 0 Å². The molecule has 0 atom stereocenters. The summed E-state index contributed by atoms with van der Waals surface area (Å²) in [6.07, 6.45) is -4.49. The van der Waals surface area contributed by atoms with E-state index in [9.17, 15) is 13.2 Å². The number of rotatable bonds is 4. The Morgan fingerprint density at radius 2 is 1.59 bits per heavy atom. The smallest absolute Gasteiger partial charge is 0.419 e. The summed E-state index contributed by atoms with van der Waals surface area (Å²) < 4.78 is 44.4. The van der Waals surface area contributed by atoms with E-state index in [1.165, 1.54) is 6.07 Å². The van der Waals surface area contributed by atoms with Crippen molar-refractivity contribution < 1.29 is 17.9 Å². The largest absolute Gasteiger partial charge is 0.492 e. The molecule has 2 nitrogen and oxygen atoms in total. The van der Waals surface area contributed by atoms with Gasteiger partial charge >= 0.3 is 6.18 Å². The van der Waals surface area contributed by atoms with Gasteiger partial charge in [0.2, 0.25) is 0 Å². The Balaban J connectivity index is 0.00000242. The molecule has 22 heavy (non-hydrogen) atoms. The third-order valence-corrected chi connectivity index (χ3v) is 3.09. The van der Waals surface area contributed by atoms with Crippen LogP contribution >= 0.6 is 24.0 Å². The van der Waals surface area contributed by atoms with Crippen LogP contribution in [0, 0.1) is 0 Å². The number of halogens is 5. The van der Waals surface area contributed by atoms with Crippen LogP contribution in [-0.4, -0.2) is 13.2 Å². The van der Waals surface area contributed by atoms with Crippen LogP contribution < -0.4 is 10.5 Å². The molecule has 0 amide bonds. The summed E-state index contributed by atoms with van der Waals surface area (Å²) in [5.41, 5.74) is 5.53. The number of hydrogen-bond donors (Lipinski definition) is 1. The van der Waals surface area contributed by atoms with Gasteiger partial charge in [-0.3, -0.25) is 0 Å². The molecule has 0 saturated heterocycles. The SMILES string of the molecule is Cl.NCCOc1ccc(-c2ccc(Cl)cc2)cc1C(F)(F)F. The van der Waals surface area contributed by atoms with Gasteiger partial charge in [0.05, 0.1) is 5.56 Å². The Hall–Kier alpha value is -1.43. The van der Waals surface area contributed by atoms with Crippen LogP contribution in [0.1, 0.15) is 5.56 Å². The summed E-state index contributed by atoms with van der Waals surface area (Å²) in [4.78, 5) is 0. The van der Waals surface area contributed by atoms with Gasteiger partial charge < -0.3 is 10.5 Å². The Labute approximate surface area is 137 Å².